The second-order valence-corrected chi connectivity index (χ2v) is 6.15. The van der Waals surface area contributed by atoms with E-state index in [4.69, 9.17) is 17.3 Å². The van der Waals surface area contributed by atoms with Gasteiger partial charge in [-0.2, -0.15) is 0 Å². The van der Waals surface area contributed by atoms with Gasteiger partial charge in [0.1, 0.15) is 0 Å². The Morgan fingerprint density at radius 3 is 2.94 bits per heavy atom. The summed E-state index contributed by atoms with van der Waals surface area (Å²) in [6, 6.07) is 2.61. The van der Waals surface area contributed by atoms with Gasteiger partial charge in [-0.05, 0) is 31.4 Å². The molecule has 2 nitrogen and oxygen atoms in total. The van der Waals surface area contributed by atoms with E-state index >= 15 is 0 Å². The van der Waals surface area contributed by atoms with Gasteiger partial charge in [0.05, 0.1) is 5.02 Å². The minimum Gasteiger partial charge on any atom is -0.329 e. The number of thiophene rings is 1. The van der Waals surface area contributed by atoms with Crippen LogP contribution >= 0.6 is 35.3 Å². The summed E-state index contributed by atoms with van der Waals surface area (Å²) in [7, 11) is 0. The van der Waals surface area contributed by atoms with Crippen molar-refractivity contribution in [2.24, 2.45) is 11.7 Å². The highest BCUT2D eigenvalue weighted by atomic mass is 35.5. The van der Waals surface area contributed by atoms with Crippen LogP contribution in [0.3, 0.4) is 0 Å². The van der Waals surface area contributed by atoms with E-state index in [2.05, 4.69) is 17.9 Å². The number of piperidine rings is 1. The lowest BCUT2D eigenvalue weighted by atomic mass is 9.92. The molecular weight excluding hydrogens is 275 g/mol. The lowest BCUT2D eigenvalue weighted by Gasteiger charge is -2.37. The van der Waals surface area contributed by atoms with Crippen molar-refractivity contribution in [3.05, 3.63) is 21.3 Å². The molecule has 17 heavy (non-hydrogen) atoms. The van der Waals surface area contributed by atoms with Crippen molar-refractivity contribution in [1.82, 2.24) is 4.90 Å². The molecule has 0 spiro atoms. The van der Waals surface area contributed by atoms with Crippen LogP contribution < -0.4 is 5.73 Å². The highest BCUT2D eigenvalue weighted by molar-refractivity contribution is 7.10. The van der Waals surface area contributed by atoms with Crippen molar-refractivity contribution in [1.29, 1.82) is 0 Å². The quantitative estimate of drug-likeness (QED) is 0.926. The van der Waals surface area contributed by atoms with Crippen LogP contribution in [0.5, 0.6) is 0 Å². The van der Waals surface area contributed by atoms with Crippen molar-refractivity contribution < 1.29 is 0 Å². The first-order valence-corrected chi connectivity index (χ1v) is 7.12. The van der Waals surface area contributed by atoms with Gasteiger partial charge in [-0.15, -0.1) is 23.7 Å². The first-order chi connectivity index (χ1) is 7.69. The molecule has 2 heterocycles. The number of rotatable bonds is 3. The van der Waals surface area contributed by atoms with Crippen LogP contribution in [0.25, 0.3) is 0 Å². The molecule has 0 bridgehead atoms. The fourth-order valence-corrected chi connectivity index (χ4v) is 3.49. The van der Waals surface area contributed by atoms with Crippen molar-refractivity contribution in [2.75, 3.05) is 13.1 Å². The number of hydrogen-bond acceptors (Lipinski definition) is 3. The van der Waals surface area contributed by atoms with Crippen LogP contribution in [0.15, 0.2) is 11.4 Å². The van der Waals surface area contributed by atoms with E-state index in [1.165, 1.54) is 24.3 Å². The molecule has 0 aromatic carbocycles. The molecule has 2 N–H and O–H groups in total. The second-order valence-electron chi connectivity index (χ2n) is 4.72. The molecule has 2 rings (SSSR count). The minimum absolute atomic E-state index is 0. The predicted molar refractivity (Wildman–Crippen MR) is 78.2 cm³/mol. The molecule has 2 atom stereocenters. The largest absolute Gasteiger partial charge is 0.329 e. The summed E-state index contributed by atoms with van der Waals surface area (Å²) < 4.78 is 0. The van der Waals surface area contributed by atoms with Gasteiger partial charge in [-0.1, -0.05) is 18.5 Å². The third kappa shape index (κ3) is 4.11. The van der Waals surface area contributed by atoms with E-state index in [1.807, 2.05) is 5.38 Å². The lowest BCUT2D eigenvalue weighted by Crippen LogP contribution is -2.45. The van der Waals surface area contributed by atoms with Crippen molar-refractivity contribution in [3.8, 4) is 0 Å². The third-order valence-corrected chi connectivity index (χ3v) is 4.62. The monoisotopic (exact) mass is 294 g/mol. The Bertz CT molecular complexity index is 343. The average Bonchev–Trinajstić information content (AvgIpc) is 2.67. The Balaban J connectivity index is 0.00000144. The summed E-state index contributed by atoms with van der Waals surface area (Å²) in [4.78, 5) is 3.85. The van der Waals surface area contributed by atoms with Crippen LogP contribution in [-0.4, -0.2) is 24.0 Å². The second kappa shape index (κ2) is 6.95. The minimum atomic E-state index is 0. The van der Waals surface area contributed by atoms with Gasteiger partial charge in [-0.3, -0.25) is 4.90 Å². The Labute approximate surface area is 119 Å². The predicted octanol–water partition coefficient (Wildman–Crippen LogP) is 3.38. The highest BCUT2D eigenvalue weighted by Crippen LogP contribution is 2.26. The summed E-state index contributed by atoms with van der Waals surface area (Å²) in [6.07, 6.45) is 2.52. The van der Waals surface area contributed by atoms with E-state index < -0.39 is 0 Å². The maximum Gasteiger partial charge on any atom is 0.0516 e. The fourth-order valence-electron chi connectivity index (χ4n) is 2.39. The smallest absolute Gasteiger partial charge is 0.0516 e. The maximum atomic E-state index is 5.94. The molecule has 5 heteroatoms. The topological polar surface area (TPSA) is 29.3 Å². The molecule has 0 radical (unpaired) electrons. The van der Waals surface area contributed by atoms with Crippen LogP contribution in [0.4, 0.5) is 0 Å². The highest BCUT2D eigenvalue weighted by Gasteiger charge is 2.25. The number of halogens is 2. The normalized spacial score (nSPS) is 25.6. The van der Waals surface area contributed by atoms with Gasteiger partial charge in [0.25, 0.3) is 0 Å². The Hall–Kier alpha value is 0.200. The van der Waals surface area contributed by atoms with Crippen LogP contribution in [0.1, 0.15) is 24.6 Å². The van der Waals surface area contributed by atoms with Gasteiger partial charge >= 0.3 is 0 Å². The number of hydrogen-bond donors (Lipinski definition) is 1. The molecule has 1 aliphatic rings. The summed E-state index contributed by atoms with van der Waals surface area (Å²) in [5, 5.41) is 2.86. The molecule has 1 fully saturated rings. The van der Waals surface area contributed by atoms with Gasteiger partial charge < -0.3 is 5.73 Å². The average molecular weight is 295 g/mol. The third-order valence-electron chi connectivity index (χ3n) is 3.35. The van der Waals surface area contributed by atoms with Gasteiger partial charge in [-0.25, -0.2) is 0 Å². The Kier molecular flexibility index (Phi) is 6.24. The van der Waals surface area contributed by atoms with E-state index in [-0.39, 0.29) is 12.4 Å². The number of nitrogens with zero attached hydrogens (tertiary/aromatic N) is 1. The van der Waals surface area contributed by atoms with Gasteiger partial charge in [0.2, 0.25) is 0 Å². The van der Waals surface area contributed by atoms with Crippen molar-refractivity contribution in [2.45, 2.75) is 32.4 Å². The van der Waals surface area contributed by atoms with E-state index in [0.717, 1.165) is 24.0 Å². The SMILES string of the molecule is CC1CCN(Cc2cc(Cl)cs2)C(CN)C1.Cl. The molecule has 98 valence electrons. The molecule has 1 aliphatic heterocycles. The van der Waals surface area contributed by atoms with Crippen LogP contribution in [-0.2, 0) is 6.54 Å². The van der Waals surface area contributed by atoms with E-state index in [1.54, 1.807) is 11.3 Å². The van der Waals surface area contributed by atoms with E-state index in [9.17, 15) is 0 Å². The molecule has 0 saturated carbocycles. The molecule has 0 aliphatic carbocycles. The molecule has 1 saturated heterocycles. The zero-order chi connectivity index (χ0) is 11.5. The number of nitrogens with two attached hydrogens (primary N) is 1. The molecule has 2 unspecified atom stereocenters. The molecule has 1 aromatic heterocycles. The lowest BCUT2D eigenvalue weighted by molar-refractivity contribution is 0.116. The van der Waals surface area contributed by atoms with Crippen LogP contribution in [0.2, 0.25) is 5.02 Å². The molecule has 1 aromatic rings. The maximum absolute atomic E-state index is 5.94. The zero-order valence-corrected chi connectivity index (χ0v) is 12.5. The van der Waals surface area contributed by atoms with E-state index in [0.29, 0.717) is 6.04 Å². The van der Waals surface area contributed by atoms with Crippen molar-refractivity contribution in [3.63, 3.8) is 0 Å². The zero-order valence-electron chi connectivity index (χ0n) is 10.1. The standard InChI is InChI=1S/C12H19ClN2S.ClH/c1-9-2-3-15(11(4-9)6-14)7-12-5-10(13)8-16-12;/h5,8-9,11H,2-4,6-7,14H2,1H3;1H. The summed E-state index contributed by atoms with van der Waals surface area (Å²) in [5.74, 6) is 0.816. The molecular formula is C12H20Cl2N2S. The Morgan fingerprint density at radius 1 is 1.59 bits per heavy atom. The fraction of sp³-hybridized carbons (Fsp3) is 0.667. The first-order valence-electron chi connectivity index (χ1n) is 5.86. The number of likely N-dealkylation sites (tertiary alicyclic amines) is 1. The Morgan fingerprint density at radius 2 is 2.35 bits per heavy atom. The summed E-state index contributed by atoms with van der Waals surface area (Å²) >= 11 is 7.68. The van der Waals surface area contributed by atoms with Gasteiger partial charge in [0.15, 0.2) is 0 Å². The summed E-state index contributed by atoms with van der Waals surface area (Å²) in [5.41, 5.74) is 5.85. The van der Waals surface area contributed by atoms with Gasteiger partial charge in [0, 0.05) is 29.4 Å². The summed E-state index contributed by atoms with van der Waals surface area (Å²) in [6.45, 7) is 5.26. The first kappa shape index (κ1) is 15.3. The van der Waals surface area contributed by atoms with Crippen molar-refractivity contribution >= 4 is 35.3 Å². The molecule has 0 amide bonds. The van der Waals surface area contributed by atoms with Crippen LogP contribution in [0, 0.1) is 5.92 Å².